The third kappa shape index (κ3) is 2.89. The largest absolute Gasteiger partial charge is 0.384 e. The third-order valence-electron chi connectivity index (χ3n) is 2.60. The molecule has 0 spiro atoms. The molecular formula is C11H17N3O. The molecular weight excluding hydrogens is 190 g/mol. The van der Waals surface area contributed by atoms with Crippen LogP contribution in [0.2, 0.25) is 0 Å². The molecule has 2 rings (SSSR count). The molecule has 0 aromatic carbocycles. The second-order valence-corrected chi connectivity index (χ2v) is 4.04. The standard InChI is InChI=1S/C11H17N3O/c1-8-6-10(12)14-11(13-8)7-9-4-2-3-5-15-9/h6,9H,2-5,7H2,1H3,(H2,12,13,14). The van der Waals surface area contributed by atoms with Gasteiger partial charge >= 0.3 is 0 Å². The zero-order valence-corrected chi connectivity index (χ0v) is 9.07. The lowest BCUT2D eigenvalue weighted by molar-refractivity contribution is 0.0156. The number of hydrogen-bond acceptors (Lipinski definition) is 4. The van der Waals surface area contributed by atoms with E-state index in [0.717, 1.165) is 31.0 Å². The van der Waals surface area contributed by atoms with Crippen LogP contribution in [0, 0.1) is 6.92 Å². The van der Waals surface area contributed by atoms with Crippen LogP contribution in [-0.2, 0) is 11.2 Å². The smallest absolute Gasteiger partial charge is 0.133 e. The van der Waals surface area contributed by atoms with Gasteiger partial charge in [0, 0.05) is 24.8 Å². The summed E-state index contributed by atoms with van der Waals surface area (Å²) in [7, 11) is 0. The molecule has 1 unspecified atom stereocenters. The number of anilines is 1. The normalized spacial score (nSPS) is 21.5. The fraction of sp³-hybridized carbons (Fsp3) is 0.636. The number of hydrogen-bond donors (Lipinski definition) is 1. The van der Waals surface area contributed by atoms with Crippen molar-refractivity contribution in [1.29, 1.82) is 0 Å². The molecule has 82 valence electrons. The number of nitrogen functional groups attached to an aromatic ring is 1. The van der Waals surface area contributed by atoms with E-state index in [2.05, 4.69) is 9.97 Å². The summed E-state index contributed by atoms with van der Waals surface area (Å²) in [5.41, 5.74) is 6.60. The van der Waals surface area contributed by atoms with E-state index in [1.807, 2.05) is 6.92 Å². The Morgan fingerprint density at radius 2 is 2.33 bits per heavy atom. The molecule has 4 nitrogen and oxygen atoms in total. The Balaban J connectivity index is 2.02. The van der Waals surface area contributed by atoms with Crippen LogP contribution in [0.25, 0.3) is 0 Å². The van der Waals surface area contributed by atoms with Crippen molar-refractivity contribution in [2.45, 2.75) is 38.7 Å². The maximum atomic E-state index is 5.67. The molecule has 2 heterocycles. The molecule has 1 atom stereocenters. The predicted molar refractivity (Wildman–Crippen MR) is 58.5 cm³/mol. The van der Waals surface area contributed by atoms with Crippen molar-refractivity contribution in [2.24, 2.45) is 0 Å². The molecule has 1 aliphatic heterocycles. The molecule has 1 fully saturated rings. The molecule has 1 saturated heterocycles. The van der Waals surface area contributed by atoms with Crippen molar-refractivity contribution in [3.05, 3.63) is 17.6 Å². The second kappa shape index (κ2) is 4.57. The zero-order chi connectivity index (χ0) is 10.7. The topological polar surface area (TPSA) is 61.0 Å². The van der Waals surface area contributed by atoms with Gasteiger partial charge in [0.25, 0.3) is 0 Å². The predicted octanol–water partition coefficient (Wildman–Crippen LogP) is 1.48. The van der Waals surface area contributed by atoms with E-state index in [1.165, 1.54) is 12.8 Å². The maximum Gasteiger partial charge on any atom is 0.133 e. The minimum absolute atomic E-state index is 0.278. The lowest BCUT2D eigenvalue weighted by Crippen LogP contribution is -2.22. The van der Waals surface area contributed by atoms with Gasteiger partial charge in [-0.15, -0.1) is 0 Å². The average molecular weight is 207 g/mol. The van der Waals surface area contributed by atoms with Gasteiger partial charge in [0.05, 0.1) is 6.10 Å². The number of nitrogens with zero attached hydrogens (tertiary/aromatic N) is 2. The van der Waals surface area contributed by atoms with E-state index in [1.54, 1.807) is 6.07 Å². The number of aryl methyl sites for hydroxylation is 1. The van der Waals surface area contributed by atoms with E-state index in [9.17, 15) is 0 Å². The molecule has 1 aliphatic rings. The van der Waals surface area contributed by atoms with Gasteiger partial charge in [-0.2, -0.15) is 0 Å². The molecule has 0 radical (unpaired) electrons. The van der Waals surface area contributed by atoms with Crippen molar-refractivity contribution in [3.8, 4) is 0 Å². The van der Waals surface area contributed by atoms with Gasteiger partial charge in [-0.1, -0.05) is 0 Å². The van der Waals surface area contributed by atoms with Crippen molar-refractivity contribution < 1.29 is 4.74 Å². The average Bonchev–Trinajstić information content (AvgIpc) is 2.17. The summed E-state index contributed by atoms with van der Waals surface area (Å²) >= 11 is 0. The monoisotopic (exact) mass is 207 g/mol. The highest BCUT2D eigenvalue weighted by Crippen LogP contribution is 2.16. The summed E-state index contributed by atoms with van der Waals surface area (Å²) in [6, 6.07) is 1.78. The van der Waals surface area contributed by atoms with Crippen LogP contribution in [0.1, 0.15) is 30.8 Å². The van der Waals surface area contributed by atoms with E-state index in [0.29, 0.717) is 5.82 Å². The van der Waals surface area contributed by atoms with Crippen LogP contribution in [-0.4, -0.2) is 22.7 Å². The summed E-state index contributed by atoms with van der Waals surface area (Å²) in [4.78, 5) is 8.57. The van der Waals surface area contributed by atoms with Gasteiger partial charge in [-0.3, -0.25) is 0 Å². The number of aromatic nitrogens is 2. The Morgan fingerprint density at radius 1 is 1.47 bits per heavy atom. The van der Waals surface area contributed by atoms with Crippen molar-refractivity contribution >= 4 is 5.82 Å². The first-order valence-corrected chi connectivity index (χ1v) is 5.45. The summed E-state index contributed by atoms with van der Waals surface area (Å²) in [5, 5.41) is 0. The first kappa shape index (κ1) is 10.4. The second-order valence-electron chi connectivity index (χ2n) is 4.04. The minimum atomic E-state index is 0.278. The highest BCUT2D eigenvalue weighted by molar-refractivity contribution is 5.29. The Kier molecular flexibility index (Phi) is 3.16. The minimum Gasteiger partial charge on any atom is -0.384 e. The molecule has 15 heavy (non-hydrogen) atoms. The SMILES string of the molecule is Cc1cc(N)nc(CC2CCCCO2)n1. The van der Waals surface area contributed by atoms with E-state index < -0.39 is 0 Å². The van der Waals surface area contributed by atoms with E-state index in [-0.39, 0.29) is 6.10 Å². The van der Waals surface area contributed by atoms with Crippen LogP contribution in [0.15, 0.2) is 6.07 Å². The Labute approximate surface area is 89.9 Å². The first-order valence-electron chi connectivity index (χ1n) is 5.45. The number of rotatable bonds is 2. The van der Waals surface area contributed by atoms with E-state index in [4.69, 9.17) is 10.5 Å². The molecule has 0 bridgehead atoms. The summed E-state index contributed by atoms with van der Waals surface area (Å²) in [6.45, 7) is 2.80. The molecule has 2 N–H and O–H groups in total. The lowest BCUT2D eigenvalue weighted by atomic mass is 10.1. The summed E-state index contributed by atoms with van der Waals surface area (Å²) in [6.07, 6.45) is 4.59. The van der Waals surface area contributed by atoms with Crippen molar-refractivity contribution in [1.82, 2.24) is 9.97 Å². The van der Waals surface area contributed by atoms with Gasteiger partial charge in [-0.05, 0) is 26.2 Å². The van der Waals surface area contributed by atoms with Crippen molar-refractivity contribution in [3.63, 3.8) is 0 Å². The fourth-order valence-electron chi connectivity index (χ4n) is 1.92. The molecule has 0 saturated carbocycles. The van der Waals surface area contributed by atoms with Crippen LogP contribution in [0.3, 0.4) is 0 Å². The van der Waals surface area contributed by atoms with Gasteiger partial charge in [-0.25, -0.2) is 9.97 Å². The molecule has 1 aromatic rings. The lowest BCUT2D eigenvalue weighted by Gasteiger charge is -2.21. The Morgan fingerprint density at radius 3 is 3.00 bits per heavy atom. The number of ether oxygens (including phenoxy) is 1. The fourth-order valence-corrected chi connectivity index (χ4v) is 1.92. The van der Waals surface area contributed by atoms with Crippen LogP contribution in [0.5, 0.6) is 0 Å². The summed E-state index contributed by atoms with van der Waals surface area (Å²) in [5.74, 6) is 1.35. The van der Waals surface area contributed by atoms with Crippen LogP contribution >= 0.6 is 0 Å². The molecule has 1 aromatic heterocycles. The Hall–Kier alpha value is -1.16. The molecule has 4 heteroatoms. The first-order chi connectivity index (χ1) is 7.24. The van der Waals surface area contributed by atoms with Gasteiger partial charge < -0.3 is 10.5 Å². The van der Waals surface area contributed by atoms with E-state index >= 15 is 0 Å². The van der Waals surface area contributed by atoms with Crippen molar-refractivity contribution in [2.75, 3.05) is 12.3 Å². The van der Waals surface area contributed by atoms with Crippen LogP contribution in [0.4, 0.5) is 5.82 Å². The summed E-state index contributed by atoms with van der Waals surface area (Å²) < 4.78 is 5.64. The zero-order valence-electron chi connectivity index (χ0n) is 9.07. The van der Waals surface area contributed by atoms with Crippen LogP contribution < -0.4 is 5.73 Å². The quantitative estimate of drug-likeness (QED) is 0.798. The maximum absolute atomic E-state index is 5.67. The highest BCUT2D eigenvalue weighted by Gasteiger charge is 2.15. The van der Waals surface area contributed by atoms with Gasteiger partial charge in [0.2, 0.25) is 0 Å². The Bertz CT molecular complexity index is 314. The highest BCUT2D eigenvalue weighted by atomic mass is 16.5. The molecule has 0 amide bonds. The van der Waals surface area contributed by atoms with Gasteiger partial charge in [0.1, 0.15) is 11.6 Å². The number of nitrogens with two attached hydrogens (primary N) is 1. The van der Waals surface area contributed by atoms with Gasteiger partial charge in [0.15, 0.2) is 0 Å². The molecule has 0 aliphatic carbocycles. The third-order valence-corrected chi connectivity index (χ3v) is 2.60.